The number of carbonyl (C=O) groups excluding carboxylic acids is 2. The highest BCUT2D eigenvalue weighted by molar-refractivity contribution is 5.95. The van der Waals surface area contributed by atoms with Gasteiger partial charge in [0.25, 0.3) is 5.91 Å². The van der Waals surface area contributed by atoms with Crippen LogP contribution in [0.5, 0.6) is 5.75 Å². The van der Waals surface area contributed by atoms with Gasteiger partial charge in [0.1, 0.15) is 11.6 Å². The number of benzene rings is 1. The smallest absolute Gasteiger partial charge is 0.410 e. The predicted octanol–water partition coefficient (Wildman–Crippen LogP) is 2.99. The lowest BCUT2D eigenvalue weighted by molar-refractivity contribution is -0.173. The van der Waals surface area contributed by atoms with Crippen LogP contribution in [0, 0.1) is 0 Å². The van der Waals surface area contributed by atoms with Gasteiger partial charge in [0.05, 0.1) is 7.11 Å². The second-order valence-corrected chi connectivity index (χ2v) is 6.55. The van der Waals surface area contributed by atoms with Crippen LogP contribution < -0.4 is 15.4 Å². The van der Waals surface area contributed by atoms with Gasteiger partial charge in [0.15, 0.2) is 18.3 Å². The molecule has 29 heavy (non-hydrogen) atoms. The molecule has 11 heteroatoms. The van der Waals surface area contributed by atoms with Gasteiger partial charge >= 0.3 is 12.1 Å². The fourth-order valence-corrected chi connectivity index (χ4v) is 2.93. The molecule has 0 unspecified atom stereocenters. The Morgan fingerprint density at radius 3 is 2.62 bits per heavy atom. The maximum atomic E-state index is 13.2. The number of halogens is 3. The van der Waals surface area contributed by atoms with E-state index in [4.69, 9.17) is 9.47 Å². The molecule has 2 aromatic rings. The molecule has 156 valence electrons. The molecule has 1 amide bonds. The zero-order chi connectivity index (χ0) is 21.2. The molecule has 0 radical (unpaired) electrons. The summed E-state index contributed by atoms with van der Waals surface area (Å²) in [6.45, 7) is 0.996. The van der Waals surface area contributed by atoms with Crippen LogP contribution in [-0.2, 0) is 9.53 Å². The summed E-state index contributed by atoms with van der Waals surface area (Å²) in [4.78, 5) is 24.1. The van der Waals surface area contributed by atoms with Gasteiger partial charge in [0.2, 0.25) is 0 Å². The van der Waals surface area contributed by atoms with Crippen LogP contribution in [0.15, 0.2) is 30.3 Å². The molecule has 1 aromatic carbocycles. The van der Waals surface area contributed by atoms with Gasteiger partial charge in [-0.15, -0.1) is 0 Å². The Hall–Kier alpha value is -3.24. The highest BCUT2D eigenvalue weighted by Crippen LogP contribution is 2.39. The van der Waals surface area contributed by atoms with E-state index in [2.05, 4.69) is 15.7 Å². The van der Waals surface area contributed by atoms with E-state index >= 15 is 0 Å². The number of aromatic nitrogens is 2. The summed E-state index contributed by atoms with van der Waals surface area (Å²) in [5, 5.41) is 9.10. The molecule has 0 spiro atoms. The zero-order valence-electron chi connectivity index (χ0n) is 15.6. The van der Waals surface area contributed by atoms with Crippen molar-refractivity contribution < 1.29 is 32.2 Å². The predicted molar refractivity (Wildman–Crippen MR) is 96.9 cm³/mol. The van der Waals surface area contributed by atoms with Crippen LogP contribution in [0.1, 0.15) is 29.9 Å². The molecule has 1 aromatic heterocycles. The number of esters is 1. The molecular formula is C18H19F3N4O4. The standard InChI is InChI=1S/C18H19F3N4O4/c1-10-7-14(18(19,20)21)25-15(22-10)8-13(24-25)17(27)29-9-16(26)23-11-3-5-12(28-2)6-4-11/h3-6,8,10,14,22H,7,9H2,1-2H3,(H,23,26)/t10-,14+/m1/s1. The molecule has 3 rings (SSSR count). The number of methoxy groups -OCH3 is 1. The zero-order valence-corrected chi connectivity index (χ0v) is 15.6. The average Bonchev–Trinajstić information content (AvgIpc) is 3.09. The van der Waals surface area contributed by atoms with Crippen molar-refractivity contribution in [2.75, 3.05) is 24.4 Å². The highest BCUT2D eigenvalue weighted by atomic mass is 19.4. The van der Waals surface area contributed by atoms with Crippen LogP contribution in [-0.4, -0.2) is 47.6 Å². The molecule has 0 bridgehead atoms. The third-order valence-electron chi connectivity index (χ3n) is 4.30. The van der Waals surface area contributed by atoms with Crippen molar-refractivity contribution in [1.82, 2.24) is 9.78 Å². The number of hydrogen-bond acceptors (Lipinski definition) is 6. The number of nitrogens with zero attached hydrogens (tertiary/aromatic N) is 2. The average molecular weight is 412 g/mol. The first-order valence-electron chi connectivity index (χ1n) is 8.71. The van der Waals surface area contributed by atoms with E-state index in [0.29, 0.717) is 11.4 Å². The number of rotatable bonds is 5. The summed E-state index contributed by atoms with van der Waals surface area (Å²) >= 11 is 0. The van der Waals surface area contributed by atoms with Crippen molar-refractivity contribution in [3.05, 3.63) is 36.0 Å². The Morgan fingerprint density at radius 2 is 2.00 bits per heavy atom. The summed E-state index contributed by atoms with van der Waals surface area (Å²) in [5.41, 5.74) is 0.156. The van der Waals surface area contributed by atoms with Crippen LogP contribution in [0.25, 0.3) is 0 Å². The van der Waals surface area contributed by atoms with E-state index in [0.717, 1.165) is 4.68 Å². The summed E-state index contributed by atoms with van der Waals surface area (Å²) in [7, 11) is 1.51. The first kappa shape index (κ1) is 20.5. The van der Waals surface area contributed by atoms with Crippen molar-refractivity contribution in [2.45, 2.75) is 31.6 Å². The number of fused-ring (bicyclic) bond motifs is 1. The number of hydrogen-bond donors (Lipinski definition) is 2. The lowest BCUT2D eigenvalue weighted by Gasteiger charge is -2.31. The molecule has 0 fully saturated rings. The topological polar surface area (TPSA) is 94.5 Å². The third kappa shape index (κ3) is 4.79. The maximum absolute atomic E-state index is 13.2. The summed E-state index contributed by atoms with van der Waals surface area (Å²) in [6.07, 6.45) is -4.71. The van der Waals surface area contributed by atoms with E-state index in [1.54, 1.807) is 31.2 Å². The van der Waals surface area contributed by atoms with Crippen LogP contribution in [0.4, 0.5) is 24.7 Å². The molecule has 8 nitrogen and oxygen atoms in total. The van der Waals surface area contributed by atoms with Gasteiger partial charge < -0.3 is 20.1 Å². The number of carbonyl (C=O) groups is 2. The first-order chi connectivity index (χ1) is 13.7. The monoisotopic (exact) mass is 412 g/mol. The Labute approximate surface area is 164 Å². The molecule has 0 saturated carbocycles. The SMILES string of the molecule is COc1ccc(NC(=O)COC(=O)c2cc3n(n2)[C@H](C(F)(F)F)C[C@@H](C)N3)cc1. The Bertz CT molecular complexity index is 896. The Morgan fingerprint density at radius 1 is 1.31 bits per heavy atom. The number of amides is 1. The molecule has 0 saturated heterocycles. The molecule has 2 heterocycles. The normalized spacial score (nSPS) is 18.4. The van der Waals surface area contributed by atoms with Crippen molar-refractivity contribution in [1.29, 1.82) is 0 Å². The van der Waals surface area contributed by atoms with E-state index in [-0.39, 0.29) is 17.9 Å². The molecule has 1 aliphatic rings. The third-order valence-corrected chi connectivity index (χ3v) is 4.30. The van der Waals surface area contributed by atoms with Gasteiger partial charge in [-0.05, 0) is 37.6 Å². The minimum Gasteiger partial charge on any atom is -0.497 e. The van der Waals surface area contributed by atoms with Crippen molar-refractivity contribution in [3.63, 3.8) is 0 Å². The quantitative estimate of drug-likeness (QED) is 0.734. The van der Waals surface area contributed by atoms with E-state index in [1.807, 2.05) is 0 Å². The van der Waals surface area contributed by atoms with Crippen LogP contribution in [0.3, 0.4) is 0 Å². The van der Waals surface area contributed by atoms with Gasteiger partial charge in [-0.2, -0.15) is 18.3 Å². The maximum Gasteiger partial charge on any atom is 0.410 e. The van der Waals surface area contributed by atoms with E-state index in [1.165, 1.54) is 13.2 Å². The Kier molecular flexibility index (Phi) is 5.66. The Balaban J connectivity index is 1.62. The molecule has 0 aliphatic carbocycles. The fraction of sp³-hybridized carbons (Fsp3) is 0.389. The summed E-state index contributed by atoms with van der Waals surface area (Å²) in [5.74, 6) is -0.918. The number of ether oxygens (including phenoxy) is 2. The van der Waals surface area contributed by atoms with Gasteiger partial charge in [0, 0.05) is 17.8 Å². The molecule has 2 atom stereocenters. The number of alkyl halides is 3. The van der Waals surface area contributed by atoms with Crippen LogP contribution in [0.2, 0.25) is 0 Å². The van der Waals surface area contributed by atoms with Crippen molar-refractivity contribution >= 4 is 23.4 Å². The van der Waals surface area contributed by atoms with Gasteiger partial charge in [-0.3, -0.25) is 4.79 Å². The summed E-state index contributed by atoms with van der Waals surface area (Å²) in [6, 6.07) is 5.39. The van der Waals surface area contributed by atoms with Crippen molar-refractivity contribution in [3.8, 4) is 5.75 Å². The fourth-order valence-electron chi connectivity index (χ4n) is 2.93. The lowest BCUT2D eigenvalue weighted by atomic mass is 10.1. The van der Waals surface area contributed by atoms with Crippen LogP contribution >= 0.6 is 0 Å². The van der Waals surface area contributed by atoms with Crippen molar-refractivity contribution in [2.24, 2.45) is 0 Å². The van der Waals surface area contributed by atoms with Gasteiger partial charge in [-0.25, -0.2) is 9.48 Å². The minimum absolute atomic E-state index is 0.0701. The summed E-state index contributed by atoms with van der Waals surface area (Å²) < 4.78 is 50.3. The highest BCUT2D eigenvalue weighted by Gasteiger charge is 2.45. The van der Waals surface area contributed by atoms with E-state index < -0.39 is 36.7 Å². The number of nitrogens with one attached hydrogen (secondary N) is 2. The molecular weight excluding hydrogens is 393 g/mol. The van der Waals surface area contributed by atoms with E-state index in [9.17, 15) is 22.8 Å². The van der Waals surface area contributed by atoms with Gasteiger partial charge in [-0.1, -0.05) is 0 Å². The minimum atomic E-state index is -4.50. The lowest BCUT2D eigenvalue weighted by Crippen LogP contribution is -2.37. The number of anilines is 2. The molecule has 2 N–H and O–H groups in total. The first-order valence-corrected chi connectivity index (χ1v) is 8.71. The largest absolute Gasteiger partial charge is 0.497 e. The second kappa shape index (κ2) is 8.02. The second-order valence-electron chi connectivity index (χ2n) is 6.55. The molecule has 1 aliphatic heterocycles.